The molecular formula is C24H26N2O4. The van der Waals surface area contributed by atoms with Gasteiger partial charge < -0.3 is 25.3 Å². The van der Waals surface area contributed by atoms with E-state index in [-0.39, 0.29) is 12.3 Å². The summed E-state index contributed by atoms with van der Waals surface area (Å²) in [6.45, 7) is 0.810. The van der Waals surface area contributed by atoms with E-state index in [1.807, 2.05) is 54.6 Å². The molecule has 0 fully saturated rings. The molecule has 3 aromatic rings. The molecule has 0 atom stereocenters. The van der Waals surface area contributed by atoms with E-state index in [9.17, 15) is 4.79 Å². The summed E-state index contributed by atoms with van der Waals surface area (Å²) in [7, 11) is 3.15. The molecule has 0 unspecified atom stereocenters. The van der Waals surface area contributed by atoms with Gasteiger partial charge in [-0.05, 0) is 41.0 Å². The number of ether oxygens (including phenoxy) is 3. The number of carbonyl (C=O) groups excluding carboxylic acids is 1. The second-order valence-electron chi connectivity index (χ2n) is 6.63. The summed E-state index contributed by atoms with van der Waals surface area (Å²) in [5, 5.41) is 2.95. The van der Waals surface area contributed by atoms with Crippen LogP contribution in [0.5, 0.6) is 17.2 Å². The third kappa shape index (κ3) is 5.30. The van der Waals surface area contributed by atoms with Gasteiger partial charge in [0.05, 0.1) is 26.3 Å². The standard InChI is InChI=1S/C24H26N2O4/c1-28-21-11-9-19(18-6-4-3-5-7-18)16-20(21)26-24(27)15-17-8-10-22(30-13-12-25)23(14-17)29-2/h3-11,14,16H,12-13,15,25H2,1-2H3,(H,26,27). The predicted molar refractivity (Wildman–Crippen MR) is 118 cm³/mol. The van der Waals surface area contributed by atoms with Crippen LogP contribution in [0.25, 0.3) is 11.1 Å². The SMILES string of the molecule is COc1ccc(-c2ccccc2)cc1NC(=O)Cc1ccc(OCCN)c(OC)c1. The topological polar surface area (TPSA) is 82.8 Å². The van der Waals surface area contributed by atoms with Crippen LogP contribution in [-0.4, -0.2) is 33.3 Å². The molecule has 0 saturated carbocycles. The molecule has 0 spiro atoms. The Morgan fingerprint density at radius 2 is 1.60 bits per heavy atom. The zero-order valence-electron chi connectivity index (χ0n) is 17.2. The van der Waals surface area contributed by atoms with E-state index in [0.717, 1.165) is 16.7 Å². The van der Waals surface area contributed by atoms with E-state index in [4.69, 9.17) is 19.9 Å². The summed E-state index contributed by atoms with van der Waals surface area (Å²) >= 11 is 0. The van der Waals surface area contributed by atoms with Crippen molar-refractivity contribution in [2.45, 2.75) is 6.42 Å². The minimum Gasteiger partial charge on any atom is -0.495 e. The van der Waals surface area contributed by atoms with Crippen LogP contribution in [0.3, 0.4) is 0 Å². The number of amides is 1. The largest absolute Gasteiger partial charge is 0.495 e. The van der Waals surface area contributed by atoms with Gasteiger partial charge in [0, 0.05) is 6.54 Å². The number of hydrogen-bond donors (Lipinski definition) is 2. The number of methoxy groups -OCH3 is 2. The lowest BCUT2D eigenvalue weighted by Gasteiger charge is -2.14. The fourth-order valence-electron chi connectivity index (χ4n) is 3.11. The summed E-state index contributed by atoms with van der Waals surface area (Å²) in [6.07, 6.45) is 0.187. The smallest absolute Gasteiger partial charge is 0.228 e. The predicted octanol–water partition coefficient (Wildman–Crippen LogP) is 3.89. The third-order valence-electron chi connectivity index (χ3n) is 4.55. The molecule has 0 aliphatic heterocycles. The van der Waals surface area contributed by atoms with E-state index in [1.54, 1.807) is 26.4 Å². The molecule has 3 N–H and O–H groups in total. The summed E-state index contributed by atoms with van der Waals surface area (Å²) < 4.78 is 16.3. The maximum atomic E-state index is 12.7. The lowest BCUT2D eigenvalue weighted by atomic mass is 10.0. The molecule has 156 valence electrons. The summed E-state index contributed by atoms with van der Waals surface area (Å²) in [6, 6.07) is 21.1. The number of nitrogens with one attached hydrogen (secondary N) is 1. The van der Waals surface area contributed by atoms with Crippen LogP contribution in [0.2, 0.25) is 0 Å². The van der Waals surface area contributed by atoms with Gasteiger partial charge in [0.25, 0.3) is 0 Å². The quantitative estimate of drug-likeness (QED) is 0.563. The molecule has 0 saturated heterocycles. The maximum absolute atomic E-state index is 12.7. The molecule has 0 bridgehead atoms. The number of anilines is 1. The first kappa shape index (κ1) is 21.2. The Hall–Kier alpha value is -3.51. The van der Waals surface area contributed by atoms with Crippen molar-refractivity contribution >= 4 is 11.6 Å². The Morgan fingerprint density at radius 3 is 2.30 bits per heavy atom. The van der Waals surface area contributed by atoms with Crippen LogP contribution in [-0.2, 0) is 11.2 Å². The highest BCUT2D eigenvalue weighted by atomic mass is 16.5. The molecule has 0 heterocycles. The van der Waals surface area contributed by atoms with Gasteiger partial charge in [-0.3, -0.25) is 4.79 Å². The average Bonchev–Trinajstić information content (AvgIpc) is 2.78. The van der Waals surface area contributed by atoms with Crippen molar-refractivity contribution in [2.24, 2.45) is 5.73 Å². The van der Waals surface area contributed by atoms with Crippen LogP contribution in [0.4, 0.5) is 5.69 Å². The van der Waals surface area contributed by atoms with E-state index < -0.39 is 0 Å². The lowest BCUT2D eigenvalue weighted by molar-refractivity contribution is -0.115. The lowest BCUT2D eigenvalue weighted by Crippen LogP contribution is -2.15. The average molecular weight is 406 g/mol. The Morgan fingerprint density at radius 1 is 0.867 bits per heavy atom. The molecule has 3 rings (SSSR count). The molecule has 1 amide bonds. The van der Waals surface area contributed by atoms with Gasteiger partial charge >= 0.3 is 0 Å². The number of carbonyl (C=O) groups is 1. The minimum absolute atomic E-state index is 0.156. The van der Waals surface area contributed by atoms with Crippen molar-refractivity contribution in [3.8, 4) is 28.4 Å². The molecule has 6 nitrogen and oxygen atoms in total. The van der Waals surface area contributed by atoms with E-state index >= 15 is 0 Å². The minimum atomic E-state index is -0.156. The van der Waals surface area contributed by atoms with Gasteiger partial charge in [0.1, 0.15) is 12.4 Å². The van der Waals surface area contributed by atoms with Crippen LogP contribution < -0.4 is 25.3 Å². The highest BCUT2D eigenvalue weighted by Gasteiger charge is 2.12. The summed E-state index contributed by atoms with van der Waals surface area (Å²) in [5.74, 6) is 1.61. The first-order valence-electron chi connectivity index (χ1n) is 9.67. The van der Waals surface area contributed by atoms with E-state index in [2.05, 4.69) is 5.32 Å². The van der Waals surface area contributed by atoms with Gasteiger partial charge in [0.2, 0.25) is 5.91 Å². The zero-order chi connectivity index (χ0) is 21.3. The van der Waals surface area contributed by atoms with Crippen LogP contribution in [0.1, 0.15) is 5.56 Å². The molecule has 3 aromatic carbocycles. The molecule has 0 aromatic heterocycles. The summed E-state index contributed by atoms with van der Waals surface area (Å²) in [4.78, 5) is 12.7. The monoisotopic (exact) mass is 406 g/mol. The van der Waals surface area contributed by atoms with Crippen molar-refractivity contribution < 1.29 is 19.0 Å². The maximum Gasteiger partial charge on any atom is 0.228 e. The molecule has 30 heavy (non-hydrogen) atoms. The Kier molecular flexibility index (Phi) is 7.29. The number of nitrogens with two attached hydrogens (primary N) is 1. The van der Waals surface area contributed by atoms with Crippen molar-refractivity contribution in [1.82, 2.24) is 0 Å². The van der Waals surface area contributed by atoms with Crippen LogP contribution in [0.15, 0.2) is 66.7 Å². The van der Waals surface area contributed by atoms with Gasteiger partial charge in [0.15, 0.2) is 11.5 Å². The fourth-order valence-corrected chi connectivity index (χ4v) is 3.11. The van der Waals surface area contributed by atoms with Gasteiger partial charge in [-0.2, -0.15) is 0 Å². The van der Waals surface area contributed by atoms with Gasteiger partial charge in [-0.25, -0.2) is 0 Å². The first-order valence-corrected chi connectivity index (χ1v) is 9.67. The molecule has 0 aliphatic rings. The second kappa shape index (κ2) is 10.3. The number of hydrogen-bond acceptors (Lipinski definition) is 5. The second-order valence-corrected chi connectivity index (χ2v) is 6.63. The first-order chi connectivity index (χ1) is 14.6. The molecule has 0 radical (unpaired) electrons. The van der Waals surface area contributed by atoms with Crippen molar-refractivity contribution in [3.05, 3.63) is 72.3 Å². The molecule has 6 heteroatoms. The third-order valence-corrected chi connectivity index (χ3v) is 4.55. The van der Waals surface area contributed by atoms with Crippen molar-refractivity contribution in [2.75, 3.05) is 32.7 Å². The highest BCUT2D eigenvalue weighted by Crippen LogP contribution is 2.31. The Labute approximate surface area is 176 Å². The van der Waals surface area contributed by atoms with Crippen LogP contribution >= 0.6 is 0 Å². The van der Waals surface area contributed by atoms with E-state index in [0.29, 0.717) is 36.1 Å². The van der Waals surface area contributed by atoms with E-state index in [1.165, 1.54) is 0 Å². The number of rotatable bonds is 9. The highest BCUT2D eigenvalue weighted by molar-refractivity contribution is 5.94. The number of benzene rings is 3. The van der Waals surface area contributed by atoms with Gasteiger partial charge in [-0.1, -0.05) is 42.5 Å². The normalized spacial score (nSPS) is 10.4. The van der Waals surface area contributed by atoms with Crippen LogP contribution in [0, 0.1) is 0 Å². The van der Waals surface area contributed by atoms with Crippen molar-refractivity contribution in [1.29, 1.82) is 0 Å². The fraction of sp³-hybridized carbons (Fsp3) is 0.208. The zero-order valence-corrected chi connectivity index (χ0v) is 17.2. The Bertz CT molecular complexity index is 990. The Balaban J connectivity index is 1.76. The van der Waals surface area contributed by atoms with Crippen molar-refractivity contribution in [3.63, 3.8) is 0 Å². The molecule has 0 aliphatic carbocycles. The summed E-state index contributed by atoms with van der Waals surface area (Å²) in [5.41, 5.74) is 8.97. The molecular weight excluding hydrogens is 380 g/mol. The van der Waals surface area contributed by atoms with Gasteiger partial charge in [-0.15, -0.1) is 0 Å².